The topological polar surface area (TPSA) is 29.5 Å². The Bertz CT molecular complexity index is 617. The smallest absolute Gasteiger partial charge is 0.264 e. The first-order chi connectivity index (χ1) is 10.1. The number of para-hydroxylation sites is 1. The molecule has 2 aromatic carbocycles. The molecule has 0 saturated heterocycles. The molecule has 0 heterocycles. The number of anilines is 1. The molecule has 0 saturated carbocycles. The molecule has 0 bridgehead atoms. The van der Waals surface area contributed by atoms with Gasteiger partial charge in [0.2, 0.25) is 0 Å². The number of ether oxygens (including phenoxy) is 1. The van der Waals surface area contributed by atoms with Crippen LogP contribution in [0.4, 0.5) is 14.5 Å². The van der Waals surface area contributed by atoms with Crippen molar-refractivity contribution >= 4 is 11.6 Å². The Kier molecular flexibility index (Phi) is 4.87. The van der Waals surface area contributed by atoms with Crippen LogP contribution in [0.5, 0.6) is 5.75 Å². The number of likely N-dealkylation sites (N-methyl/N-ethyl adjacent to an activating group) is 1. The predicted octanol–water partition coefficient (Wildman–Crippen LogP) is 3.40. The molecular weight excluding hydrogens is 276 g/mol. The molecule has 1 amide bonds. The highest BCUT2D eigenvalue weighted by atomic mass is 19.2. The highest BCUT2D eigenvalue weighted by Gasteiger charge is 2.14. The van der Waals surface area contributed by atoms with Crippen molar-refractivity contribution < 1.29 is 18.3 Å². The second-order valence-corrected chi connectivity index (χ2v) is 4.34. The van der Waals surface area contributed by atoms with Crippen LogP contribution in [0, 0.1) is 11.6 Å². The van der Waals surface area contributed by atoms with E-state index in [2.05, 4.69) is 0 Å². The summed E-state index contributed by atoms with van der Waals surface area (Å²) in [6.07, 6.45) is 0. The molecule has 21 heavy (non-hydrogen) atoms. The molecule has 0 N–H and O–H groups in total. The van der Waals surface area contributed by atoms with E-state index >= 15 is 0 Å². The molecule has 0 atom stereocenters. The van der Waals surface area contributed by atoms with E-state index in [0.29, 0.717) is 6.54 Å². The standard InChI is InChI=1S/C16H15F2NO2/c1-2-19(12-6-4-3-5-7-12)16(20)11-21-13-8-9-14(17)15(18)10-13/h3-10H,2,11H2,1H3. The zero-order valence-corrected chi connectivity index (χ0v) is 11.6. The van der Waals surface area contributed by atoms with E-state index in [1.807, 2.05) is 37.3 Å². The molecule has 3 nitrogen and oxygen atoms in total. The van der Waals surface area contributed by atoms with Gasteiger partial charge in [-0.3, -0.25) is 4.79 Å². The molecule has 110 valence electrons. The van der Waals surface area contributed by atoms with Gasteiger partial charge in [-0.15, -0.1) is 0 Å². The lowest BCUT2D eigenvalue weighted by atomic mass is 10.3. The van der Waals surface area contributed by atoms with Crippen molar-refractivity contribution in [1.82, 2.24) is 0 Å². The van der Waals surface area contributed by atoms with Crippen molar-refractivity contribution in [2.24, 2.45) is 0 Å². The van der Waals surface area contributed by atoms with Gasteiger partial charge >= 0.3 is 0 Å². The second-order valence-electron chi connectivity index (χ2n) is 4.34. The number of hydrogen-bond acceptors (Lipinski definition) is 2. The van der Waals surface area contributed by atoms with Crippen LogP contribution in [0.3, 0.4) is 0 Å². The lowest BCUT2D eigenvalue weighted by Crippen LogP contribution is -2.34. The fraction of sp³-hybridized carbons (Fsp3) is 0.188. The largest absolute Gasteiger partial charge is 0.484 e. The van der Waals surface area contributed by atoms with Crippen LogP contribution in [0.25, 0.3) is 0 Å². The van der Waals surface area contributed by atoms with Crippen LogP contribution in [-0.4, -0.2) is 19.1 Å². The molecule has 0 aromatic heterocycles. The predicted molar refractivity (Wildman–Crippen MR) is 76.3 cm³/mol. The van der Waals surface area contributed by atoms with Gasteiger partial charge in [0.1, 0.15) is 5.75 Å². The molecule has 0 unspecified atom stereocenters. The monoisotopic (exact) mass is 291 g/mol. The third-order valence-electron chi connectivity index (χ3n) is 2.94. The van der Waals surface area contributed by atoms with Gasteiger partial charge in [-0.2, -0.15) is 0 Å². The molecule has 0 aliphatic carbocycles. The zero-order valence-electron chi connectivity index (χ0n) is 11.6. The van der Waals surface area contributed by atoms with Gasteiger partial charge in [0.05, 0.1) is 0 Å². The summed E-state index contributed by atoms with van der Waals surface area (Å²) in [6, 6.07) is 12.3. The fourth-order valence-electron chi connectivity index (χ4n) is 1.90. The minimum atomic E-state index is -1.00. The highest BCUT2D eigenvalue weighted by molar-refractivity contribution is 5.94. The third kappa shape index (κ3) is 3.78. The molecule has 0 radical (unpaired) electrons. The molecular formula is C16H15F2NO2. The second kappa shape index (κ2) is 6.83. The Balaban J connectivity index is 2.01. The molecule has 2 rings (SSSR count). The molecule has 0 aliphatic rings. The summed E-state index contributed by atoms with van der Waals surface area (Å²) in [5.41, 5.74) is 0.763. The maximum Gasteiger partial charge on any atom is 0.264 e. The normalized spacial score (nSPS) is 10.2. The Morgan fingerprint density at radius 2 is 1.81 bits per heavy atom. The SMILES string of the molecule is CCN(C(=O)COc1ccc(F)c(F)c1)c1ccccc1. The molecule has 2 aromatic rings. The van der Waals surface area contributed by atoms with Gasteiger partial charge < -0.3 is 9.64 Å². The Morgan fingerprint density at radius 3 is 2.43 bits per heavy atom. The average molecular weight is 291 g/mol. The first-order valence-electron chi connectivity index (χ1n) is 6.55. The van der Waals surface area contributed by atoms with Crippen molar-refractivity contribution in [3.05, 3.63) is 60.2 Å². The van der Waals surface area contributed by atoms with Gasteiger partial charge in [-0.25, -0.2) is 8.78 Å². The molecule has 0 aliphatic heterocycles. The number of carbonyl (C=O) groups excluding carboxylic acids is 1. The van der Waals surface area contributed by atoms with Crippen molar-refractivity contribution in [2.75, 3.05) is 18.1 Å². The highest BCUT2D eigenvalue weighted by Crippen LogP contribution is 2.17. The maximum absolute atomic E-state index is 13.0. The van der Waals surface area contributed by atoms with E-state index in [9.17, 15) is 13.6 Å². The number of carbonyl (C=O) groups is 1. The van der Waals surface area contributed by atoms with E-state index in [0.717, 1.165) is 17.8 Å². The van der Waals surface area contributed by atoms with Crippen LogP contribution < -0.4 is 9.64 Å². The minimum absolute atomic E-state index is 0.117. The summed E-state index contributed by atoms with van der Waals surface area (Å²) in [6.45, 7) is 2.10. The number of rotatable bonds is 5. The third-order valence-corrected chi connectivity index (χ3v) is 2.94. The molecule has 0 fully saturated rings. The van der Waals surface area contributed by atoms with Gasteiger partial charge in [0, 0.05) is 18.3 Å². The summed E-state index contributed by atoms with van der Waals surface area (Å²) in [5.74, 6) is -2.09. The zero-order chi connectivity index (χ0) is 15.2. The summed E-state index contributed by atoms with van der Waals surface area (Å²) in [5, 5.41) is 0. The Morgan fingerprint density at radius 1 is 1.10 bits per heavy atom. The lowest BCUT2D eigenvalue weighted by Gasteiger charge is -2.21. The van der Waals surface area contributed by atoms with Crippen LogP contribution in [0.1, 0.15) is 6.92 Å². The van der Waals surface area contributed by atoms with Gasteiger partial charge in [-0.05, 0) is 31.2 Å². The van der Waals surface area contributed by atoms with E-state index in [-0.39, 0.29) is 18.3 Å². The first kappa shape index (κ1) is 15.0. The number of benzene rings is 2. The molecule has 5 heteroatoms. The van der Waals surface area contributed by atoms with Crippen LogP contribution in [0.2, 0.25) is 0 Å². The quantitative estimate of drug-likeness (QED) is 0.845. The number of nitrogens with zero attached hydrogens (tertiary/aromatic N) is 1. The summed E-state index contributed by atoms with van der Waals surface area (Å²) in [4.78, 5) is 13.7. The van der Waals surface area contributed by atoms with Gasteiger partial charge in [-0.1, -0.05) is 18.2 Å². The lowest BCUT2D eigenvalue weighted by molar-refractivity contribution is -0.120. The number of hydrogen-bond donors (Lipinski definition) is 0. The first-order valence-corrected chi connectivity index (χ1v) is 6.55. The Hall–Kier alpha value is -2.43. The molecule has 0 spiro atoms. The summed E-state index contributed by atoms with van der Waals surface area (Å²) in [7, 11) is 0. The fourth-order valence-corrected chi connectivity index (χ4v) is 1.90. The van der Waals surface area contributed by atoms with Gasteiger partial charge in [0.25, 0.3) is 5.91 Å². The number of amides is 1. The average Bonchev–Trinajstić information content (AvgIpc) is 2.50. The van der Waals surface area contributed by atoms with E-state index < -0.39 is 11.6 Å². The van der Waals surface area contributed by atoms with Crippen molar-refractivity contribution in [3.63, 3.8) is 0 Å². The van der Waals surface area contributed by atoms with Crippen molar-refractivity contribution in [1.29, 1.82) is 0 Å². The maximum atomic E-state index is 13.0. The number of halogens is 2. The van der Waals surface area contributed by atoms with Crippen LogP contribution in [0.15, 0.2) is 48.5 Å². The van der Waals surface area contributed by atoms with E-state index in [1.54, 1.807) is 4.90 Å². The van der Waals surface area contributed by atoms with E-state index in [1.165, 1.54) is 6.07 Å². The van der Waals surface area contributed by atoms with Gasteiger partial charge in [0.15, 0.2) is 18.2 Å². The van der Waals surface area contributed by atoms with Crippen molar-refractivity contribution in [2.45, 2.75) is 6.92 Å². The summed E-state index contributed by atoms with van der Waals surface area (Å²) < 4.78 is 31.0. The van der Waals surface area contributed by atoms with Crippen LogP contribution >= 0.6 is 0 Å². The Labute approximate surface area is 121 Å². The minimum Gasteiger partial charge on any atom is -0.484 e. The van der Waals surface area contributed by atoms with Crippen LogP contribution in [-0.2, 0) is 4.79 Å². The summed E-state index contributed by atoms with van der Waals surface area (Å²) >= 11 is 0. The van der Waals surface area contributed by atoms with E-state index in [4.69, 9.17) is 4.74 Å². The van der Waals surface area contributed by atoms with Crippen molar-refractivity contribution in [3.8, 4) is 5.75 Å².